The first kappa shape index (κ1) is 8.63. The predicted molar refractivity (Wildman–Crippen MR) is 32.5 cm³/mol. The van der Waals surface area contributed by atoms with Crippen molar-refractivity contribution < 1.29 is 35.4 Å². The first-order valence-corrected chi connectivity index (χ1v) is 2.70. The zero-order chi connectivity index (χ0) is 5.11. The van der Waals surface area contributed by atoms with Gasteiger partial charge in [-0.2, -0.15) is 12.6 Å². The van der Waals surface area contributed by atoms with Gasteiger partial charge in [-0.25, -0.2) is 0 Å². The second-order valence-electron chi connectivity index (χ2n) is 1.24. The molecule has 0 aliphatic rings. The molecule has 0 aliphatic heterocycles. The van der Waals surface area contributed by atoms with Gasteiger partial charge < -0.3 is 5.84 Å². The molecule has 3 heteroatoms. The van der Waals surface area contributed by atoms with Crippen LogP contribution in [-0.2, 0) is 5.75 Å². The van der Waals surface area contributed by atoms with Crippen molar-refractivity contribution in [1.29, 1.82) is 0 Å². The fourth-order valence-corrected chi connectivity index (χ4v) is 0.582. The molecule has 40 valence electrons. The summed E-state index contributed by atoms with van der Waals surface area (Å²) >= 11 is 3.98. The van der Waals surface area contributed by atoms with E-state index in [0.29, 0.717) is 5.75 Å². The summed E-state index contributed by atoms with van der Waals surface area (Å²) in [5.41, 5.74) is 0. The van der Waals surface area contributed by atoms with Crippen LogP contribution in [0.3, 0.4) is 0 Å². The zero-order valence-electron chi connectivity index (χ0n) is 5.79. The Bertz CT molecular complexity index is 132. The van der Waals surface area contributed by atoms with Crippen LogP contribution in [0.5, 0.6) is 0 Å². The van der Waals surface area contributed by atoms with E-state index >= 15 is 0 Å². The van der Waals surface area contributed by atoms with Crippen molar-refractivity contribution in [2.75, 3.05) is 0 Å². The standard InChI is InChI=1S/C5H6OS.Na.H/c7-4-5-2-1-3-6-5;;/h1-3,7H,4H2;;/q;+1;-1. The Kier molecular flexibility index (Phi) is 4.86. The second-order valence-corrected chi connectivity index (χ2v) is 1.55. The minimum absolute atomic E-state index is 0. The fourth-order valence-electron chi connectivity index (χ4n) is 0.403. The van der Waals surface area contributed by atoms with E-state index in [2.05, 4.69) is 12.6 Å². The Balaban J connectivity index is 0. The van der Waals surface area contributed by atoms with E-state index in [1.54, 1.807) is 6.26 Å². The molecule has 0 amide bonds. The first-order chi connectivity index (χ1) is 3.43. The molecular weight excluding hydrogens is 131 g/mol. The van der Waals surface area contributed by atoms with E-state index in [1.165, 1.54) is 0 Å². The van der Waals surface area contributed by atoms with Crippen molar-refractivity contribution in [3.63, 3.8) is 0 Å². The molecule has 0 aliphatic carbocycles. The maximum absolute atomic E-state index is 4.91. The maximum Gasteiger partial charge on any atom is 1.00 e. The van der Waals surface area contributed by atoms with Gasteiger partial charge in [-0.3, -0.25) is 0 Å². The molecule has 0 unspecified atom stereocenters. The molecule has 1 heterocycles. The van der Waals surface area contributed by atoms with Gasteiger partial charge in [0.2, 0.25) is 0 Å². The van der Waals surface area contributed by atoms with Gasteiger partial charge in [-0.15, -0.1) is 0 Å². The van der Waals surface area contributed by atoms with Crippen molar-refractivity contribution in [3.8, 4) is 0 Å². The Morgan fingerprint density at radius 3 is 2.75 bits per heavy atom. The molecule has 1 aromatic rings. The van der Waals surface area contributed by atoms with Gasteiger partial charge in [-0.1, -0.05) is 0 Å². The first-order valence-electron chi connectivity index (χ1n) is 2.06. The summed E-state index contributed by atoms with van der Waals surface area (Å²) in [5.74, 6) is 1.61. The third kappa shape index (κ3) is 2.27. The Labute approximate surface area is 77.6 Å². The van der Waals surface area contributed by atoms with Gasteiger partial charge in [0.15, 0.2) is 0 Å². The van der Waals surface area contributed by atoms with Crippen molar-refractivity contribution >= 4 is 12.6 Å². The van der Waals surface area contributed by atoms with E-state index < -0.39 is 0 Å². The minimum atomic E-state index is 0. The van der Waals surface area contributed by atoms with E-state index in [4.69, 9.17) is 4.42 Å². The summed E-state index contributed by atoms with van der Waals surface area (Å²) in [6.45, 7) is 0. The molecule has 1 aromatic heterocycles. The van der Waals surface area contributed by atoms with Gasteiger partial charge in [0.1, 0.15) is 5.76 Å². The molecule has 8 heavy (non-hydrogen) atoms. The molecule has 0 N–H and O–H groups in total. The third-order valence-corrected chi connectivity index (χ3v) is 1.05. The average Bonchev–Trinajstić information content (AvgIpc) is 2.14. The smallest absolute Gasteiger partial charge is 1.00 e. The summed E-state index contributed by atoms with van der Waals surface area (Å²) in [6.07, 6.45) is 1.64. The van der Waals surface area contributed by atoms with Crippen LogP contribution in [0.15, 0.2) is 22.8 Å². The monoisotopic (exact) mass is 138 g/mol. The molecule has 0 radical (unpaired) electrons. The van der Waals surface area contributed by atoms with Crippen molar-refractivity contribution in [3.05, 3.63) is 24.2 Å². The average molecular weight is 138 g/mol. The number of furan rings is 1. The Morgan fingerprint density at radius 2 is 2.50 bits per heavy atom. The molecular formula is C5H7NaOS. The summed E-state index contributed by atoms with van der Waals surface area (Å²) in [6, 6.07) is 3.75. The summed E-state index contributed by atoms with van der Waals surface area (Å²) < 4.78 is 4.91. The number of rotatable bonds is 1. The van der Waals surface area contributed by atoms with Gasteiger partial charge in [0, 0.05) is 5.75 Å². The van der Waals surface area contributed by atoms with E-state index in [0.717, 1.165) is 5.76 Å². The third-order valence-electron chi connectivity index (χ3n) is 0.736. The normalized spacial score (nSPS) is 8.12. The molecule has 0 fully saturated rings. The van der Waals surface area contributed by atoms with Gasteiger partial charge in [0.25, 0.3) is 0 Å². The molecule has 0 saturated carbocycles. The molecule has 0 saturated heterocycles. The fraction of sp³-hybridized carbons (Fsp3) is 0.200. The van der Waals surface area contributed by atoms with Gasteiger partial charge in [-0.05, 0) is 12.1 Å². The van der Waals surface area contributed by atoms with Crippen molar-refractivity contribution in [2.24, 2.45) is 0 Å². The number of hydrogen-bond acceptors (Lipinski definition) is 2. The van der Waals surface area contributed by atoms with Crippen LogP contribution in [-0.4, -0.2) is 0 Å². The van der Waals surface area contributed by atoms with Crippen LogP contribution >= 0.6 is 12.6 Å². The maximum atomic E-state index is 4.91. The molecule has 0 bridgehead atoms. The van der Waals surface area contributed by atoms with E-state index in [1.807, 2.05) is 12.1 Å². The summed E-state index contributed by atoms with van der Waals surface area (Å²) in [4.78, 5) is 0. The van der Waals surface area contributed by atoms with E-state index in [9.17, 15) is 0 Å². The molecule has 0 atom stereocenters. The van der Waals surface area contributed by atoms with Crippen molar-refractivity contribution in [1.82, 2.24) is 0 Å². The SMILES string of the molecule is SCc1ccco1.[H-].[Na+]. The van der Waals surface area contributed by atoms with Crippen LogP contribution in [0.25, 0.3) is 0 Å². The quantitative estimate of drug-likeness (QED) is 0.381. The van der Waals surface area contributed by atoms with Crippen LogP contribution in [0, 0.1) is 0 Å². The second kappa shape index (κ2) is 4.50. The minimum Gasteiger partial charge on any atom is -1.00 e. The Morgan fingerprint density at radius 1 is 1.75 bits per heavy atom. The van der Waals surface area contributed by atoms with Gasteiger partial charge >= 0.3 is 29.6 Å². The van der Waals surface area contributed by atoms with Crippen LogP contribution in [0.1, 0.15) is 7.19 Å². The van der Waals surface area contributed by atoms with Crippen molar-refractivity contribution in [2.45, 2.75) is 5.75 Å². The zero-order valence-corrected chi connectivity index (χ0v) is 7.69. The predicted octanol–water partition coefficient (Wildman–Crippen LogP) is -1.17. The summed E-state index contributed by atoms with van der Waals surface area (Å²) in [5, 5.41) is 0. The molecule has 1 rings (SSSR count). The molecule has 0 spiro atoms. The number of hydrogen-bond donors (Lipinski definition) is 1. The van der Waals surface area contributed by atoms with Crippen LogP contribution in [0.4, 0.5) is 0 Å². The van der Waals surface area contributed by atoms with E-state index in [-0.39, 0.29) is 31.0 Å². The van der Waals surface area contributed by atoms with Crippen LogP contribution in [0.2, 0.25) is 0 Å². The largest absolute Gasteiger partial charge is 1.00 e. The summed E-state index contributed by atoms with van der Waals surface area (Å²) in [7, 11) is 0. The van der Waals surface area contributed by atoms with Crippen LogP contribution < -0.4 is 29.6 Å². The molecule has 0 aromatic carbocycles. The molecule has 1 nitrogen and oxygen atoms in total. The number of thiol groups is 1. The topological polar surface area (TPSA) is 13.1 Å². The van der Waals surface area contributed by atoms with Gasteiger partial charge in [0.05, 0.1) is 6.26 Å². The Hall–Kier alpha value is 0.630.